The highest BCUT2D eigenvalue weighted by atomic mass is 32.2. The molecular formula is C14H16NO4PS. The van der Waals surface area contributed by atoms with Crippen molar-refractivity contribution >= 4 is 30.2 Å². The molecule has 0 spiro atoms. The van der Waals surface area contributed by atoms with Crippen LogP contribution in [0, 0.1) is 0 Å². The Morgan fingerprint density at radius 3 is 2.57 bits per heavy atom. The maximum atomic E-state index is 13.0. The molecule has 7 heteroatoms. The monoisotopic (exact) mass is 325 g/mol. The zero-order chi connectivity index (χ0) is 15.1. The normalized spacial score (nSPS) is 28.6. The molecule has 0 amide bonds. The number of carbonyl (C=O) groups is 1. The molecular weight excluding hydrogens is 309 g/mol. The highest BCUT2D eigenvalue weighted by Crippen LogP contribution is 2.69. The van der Waals surface area contributed by atoms with E-state index in [-0.39, 0.29) is 5.78 Å². The summed E-state index contributed by atoms with van der Waals surface area (Å²) in [4.78, 5) is 16.9. The molecule has 3 rings (SSSR count). The predicted octanol–water partition coefficient (Wildman–Crippen LogP) is 3.09. The zero-order valence-corrected chi connectivity index (χ0v) is 13.5. The molecule has 1 aromatic carbocycles. The minimum absolute atomic E-state index is 0.0593. The lowest BCUT2D eigenvalue weighted by Gasteiger charge is -2.30. The number of fused-ring (bicyclic) bond motifs is 1. The topological polar surface area (TPSA) is 65.0 Å². The molecule has 0 aromatic heterocycles. The van der Waals surface area contributed by atoms with Crippen molar-refractivity contribution in [1.29, 1.82) is 0 Å². The second-order valence-corrected chi connectivity index (χ2v) is 8.58. The Kier molecular flexibility index (Phi) is 3.82. The van der Waals surface area contributed by atoms with E-state index >= 15 is 0 Å². The second kappa shape index (κ2) is 5.36. The van der Waals surface area contributed by atoms with Crippen LogP contribution in [0.2, 0.25) is 0 Å². The van der Waals surface area contributed by atoms with Gasteiger partial charge in [-0.25, -0.2) is 0 Å². The van der Waals surface area contributed by atoms with Crippen LogP contribution in [0.3, 0.4) is 0 Å². The fourth-order valence-corrected chi connectivity index (χ4v) is 6.61. The largest absolute Gasteiger partial charge is 0.359 e. The third kappa shape index (κ3) is 2.13. The van der Waals surface area contributed by atoms with Crippen molar-refractivity contribution in [2.75, 3.05) is 14.2 Å². The molecule has 0 unspecified atom stereocenters. The van der Waals surface area contributed by atoms with E-state index in [9.17, 15) is 9.36 Å². The standard InChI is InChI=1S/C14H16NO4PS/c1-18-20(17,19-2)14-9-8-11(16)12(14)21-13(15-14)10-6-4-3-5-7-10/h3-7,12H,8-9H2,1-2H3/t12-,14-/m1/s1. The Bertz CT molecular complexity index is 640. The predicted molar refractivity (Wildman–Crippen MR) is 83.0 cm³/mol. The number of aliphatic imine (C=N–C) groups is 1. The molecule has 1 fully saturated rings. The first-order valence-electron chi connectivity index (χ1n) is 6.62. The van der Waals surface area contributed by atoms with Gasteiger partial charge in [0.2, 0.25) is 0 Å². The van der Waals surface area contributed by atoms with Gasteiger partial charge in [0.25, 0.3) is 0 Å². The zero-order valence-electron chi connectivity index (χ0n) is 11.8. The Labute approximate surface area is 127 Å². The van der Waals surface area contributed by atoms with Crippen LogP contribution in [0.15, 0.2) is 35.3 Å². The van der Waals surface area contributed by atoms with E-state index in [2.05, 4.69) is 4.99 Å². The van der Waals surface area contributed by atoms with Crippen molar-refractivity contribution in [2.24, 2.45) is 4.99 Å². The molecule has 0 bridgehead atoms. The van der Waals surface area contributed by atoms with E-state index in [4.69, 9.17) is 9.05 Å². The summed E-state index contributed by atoms with van der Waals surface area (Å²) < 4.78 is 23.3. The second-order valence-electron chi connectivity index (χ2n) is 4.99. The molecule has 1 saturated carbocycles. The Morgan fingerprint density at radius 1 is 1.29 bits per heavy atom. The van der Waals surface area contributed by atoms with Crippen LogP contribution in [-0.4, -0.2) is 35.6 Å². The van der Waals surface area contributed by atoms with E-state index in [1.807, 2.05) is 30.3 Å². The van der Waals surface area contributed by atoms with Crippen LogP contribution in [0.1, 0.15) is 18.4 Å². The van der Waals surface area contributed by atoms with Gasteiger partial charge in [0, 0.05) is 26.2 Å². The van der Waals surface area contributed by atoms with Crippen molar-refractivity contribution in [1.82, 2.24) is 0 Å². The number of hydrogen-bond donors (Lipinski definition) is 0. The lowest BCUT2D eigenvalue weighted by atomic mass is 10.2. The average Bonchev–Trinajstić information content (AvgIpc) is 3.07. The lowest BCUT2D eigenvalue weighted by Crippen LogP contribution is -2.34. The van der Waals surface area contributed by atoms with Crippen molar-refractivity contribution < 1.29 is 18.4 Å². The van der Waals surface area contributed by atoms with E-state index < -0.39 is 18.1 Å². The number of nitrogens with zero attached hydrogens (tertiary/aromatic N) is 1. The molecule has 1 aromatic rings. The van der Waals surface area contributed by atoms with Gasteiger partial charge in [0.05, 0.1) is 5.04 Å². The van der Waals surface area contributed by atoms with Crippen molar-refractivity contribution in [3.05, 3.63) is 35.9 Å². The first kappa shape index (κ1) is 15.0. The summed E-state index contributed by atoms with van der Waals surface area (Å²) in [6, 6.07) is 9.59. The van der Waals surface area contributed by atoms with Gasteiger partial charge in [0.15, 0.2) is 5.28 Å². The Hall–Kier alpha value is -0.940. The number of hydrogen-bond acceptors (Lipinski definition) is 6. The number of Topliss-reactive ketones (excluding diaryl/α,β-unsaturated/α-hetero) is 1. The summed E-state index contributed by atoms with van der Waals surface area (Å²) in [5.74, 6) is 0.0593. The molecule has 0 saturated heterocycles. The van der Waals surface area contributed by atoms with Crippen molar-refractivity contribution in [3.63, 3.8) is 0 Å². The number of ketones is 1. The Balaban J connectivity index is 2.10. The highest BCUT2D eigenvalue weighted by molar-refractivity contribution is 8.16. The third-order valence-electron chi connectivity index (χ3n) is 3.95. The van der Waals surface area contributed by atoms with Gasteiger partial charge in [-0.1, -0.05) is 42.1 Å². The third-order valence-corrected chi connectivity index (χ3v) is 8.06. The van der Waals surface area contributed by atoms with Gasteiger partial charge in [-0.2, -0.15) is 0 Å². The van der Waals surface area contributed by atoms with Crippen LogP contribution in [0.5, 0.6) is 0 Å². The fourth-order valence-electron chi connectivity index (χ4n) is 2.86. The molecule has 21 heavy (non-hydrogen) atoms. The molecule has 1 aliphatic heterocycles. The summed E-state index contributed by atoms with van der Waals surface area (Å²) in [5, 5.41) is -0.843. The molecule has 2 atom stereocenters. The molecule has 0 N–H and O–H groups in total. The van der Waals surface area contributed by atoms with Crippen LogP contribution < -0.4 is 0 Å². The summed E-state index contributed by atoms with van der Waals surface area (Å²) in [6.45, 7) is 0. The molecule has 5 nitrogen and oxygen atoms in total. The molecule has 0 radical (unpaired) electrons. The van der Waals surface area contributed by atoms with Gasteiger partial charge in [-0.15, -0.1) is 0 Å². The SMILES string of the molecule is COP(=O)(OC)[C@]12CCC(=O)[C@H]1SC(c1ccccc1)=N2. The first-order valence-corrected chi connectivity index (χ1v) is 9.05. The lowest BCUT2D eigenvalue weighted by molar-refractivity contribution is -0.117. The number of carbonyl (C=O) groups excluding carboxylic acids is 1. The van der Waals surface area contributed by atoms with E-state index in [0.29, 0.717) is 12.8 Å². The highest BCUT2D eigenvalue weighted by Gasteiger charge is 2.65. The summed E-state index contributed by atoms with van der Waals surface area (Å²) in [5.41, 5.74) is 0.919. The molecule has 112 valence electrons. The van der Waals surface area contributed by atoms with Gasteiger partial charge >= 0.3 is 7.60 Å². The summed E-state index contributed by atoms with van der Waals surface area (Å²) in [7, 11) is -0.784. The molecule has 2 aliphatic rings. The minimum Gasteiger partial charge on any atom is -0.310 e. The first-order chi connectivity index (χ1) is 10.1. The van der Waals surface area contributed by atoms with Crippen molar-refractivity contribution in [2.45, 2.75) is 23.4 Å². The van der Waals surface area contributed by atoms with E-state index in [1.165, 1.54) is 26.0 Å². The summed E-state index contributed by atoms with van der Waals surface area (Å²) >= 11 is 1.37. The smallest absolute Gasteiger partial charge is 0.310 e. The summed E-state index contributed by atoms with van der Waals surface area (Å²) in [6.07, 6.45) is 0.763. The maximum Gasteiger partial charge on any atom is 0.359 e. The van der Waals surface area contributed by atoms with Gasteiger partial charge in [-0.3, -0.25) is 14.4 Å². The van der Waals surface area contributed by atoms with Gasteiger partial charge in [-0.05, 0) is 6.42 Å². The molecule has 1 heterocycles. The quantitative estimate of drug-likeness (QED) is 0.796. The Morgan fingerprint density at radius 2 is 1.95 bits per heavy atom. The van der Waals surface area contributed by atoms with Crippen LogP contribution in [-0.2, 0) is 18.4 Å². The van der Waals surface area contributed by atoms with Gasteiger partial charge < -0.3 is 9.05 Å². The number of rotatable bonds is 4. The van der Waals surface area contributed by atoms with Gasteiger partial charge in [0.1, 0.15) is 11.0 Å². The minimum atomic E-state index is -3.48. The number of benzene rings is 1. The van der Waals surface area contributed by atoms with Crippen LogP contribution in [0.25, 0.3) is 0 Å². The number of thioether (sulfide) groups is 1. The maximum absolute atomic E-state index is 13.0. The van der Waals surface area contributed by atoms with Crippen LogP contribution >= 0.6 is 19.4 Å². The van der Waals surface area contributed by atoms with Crippen LogP contribution in [0.4, 0.5) is 0 Å². The molecule has 1 aliphatic carbocycles. The van der Waals surface area contributed by atoms with Crippen molar-refractivity contribution in [3.8, 4) is 0 Å². The average molecular weight is 325 g/mol. The van der Waals surface area contributed by atoms with E-state index in [0.717, 1.165) is 10.6 Å². The fraction of sp³-hybridized carbons (Fsp3) is 0.429. The van der Waals surface area contributed by atoms with E-state index in [1.54, 1.807) is 0 Å².